The van der Waals surface area contributed by atoms with Crippen molar-refractivity contribution >= 4 is 17.7 Å². The molecule has 1 aliphatic carbocycles. The van der Waals surface area contributed by atoms with Gasteiger partial charge in [-0.05, 0) is 74.1 Å². The van der Waals surface area contributed by atoms with E-state index in [-0.39, 0.29) is 17.7 Å². The smallest absolute Gasteiger partial charge is 0.251 e. The van der Waals surface area contributed by atoms with Crippen molar-refractivity contribution in [3.8, 4) is 11.5 Å². The van der Waals surface area contributed by atoms with Crippen molar-refractivity contribution in [3.05, 3.63) is 59.7 Å². The first-order chi connectivity index (χ1) is 21.2. The maximum Gasteiger partial charge on any atom is 0.251 e. The highest BCUT2D eigenvalue weighted by Crippen LogP contribution is 2.37. The van der Waals surface area contributed by atoms with Gasteiger partial charge in [0.1, 0.15) is 23.1 Å². The predicted molar refractivity (Wildman–Crippen MR) is 169 cm³/mol. The van der Waals surface area contributed by atoms with Gasteiger partial charge in [0.05, 0.1) is 5.60 Å². The summed E-state index contributed by atoms with van der Waals surface area (Å²) in [7, 11) is 1.60. The second-order valence-corrected chi connectivity index (χ2v) is 12.9. The van der Waals surface area contributed by atoms with Gasteiger partial charge in [-0.2, -0.15) is 0 Å². The minimum absolute atomic E-state index is 0.0250. The number of ether oxygens (including phenoxy) is 1. The lowest BCUT2D eigenvalue weighted by Gasteiger charge is -2.52. The average molecular weight is 605 g/mol. The molecule has 0 aromatic heterocycles. The number of carbonyl (C=O) groups excluding carboxylic acids is 3. The van der Waals surface area contributed by atoms with Gasteiger partial charge in [-0.3, -0.25) is 19.3 Å². The molecule has 2 aromatic carbocycles. The second kappa shape index (κ2) is 14.1. The highest BCUT2D eigenvalue weighted by Gasteiger charge is 2.54. The Kier molecular flexibility index (Phi) is 10.3. The van der Waals surface area contributed by atoms with Crippen LogP contribution in [0.2, 0.25) is 0 Å². The molecular formula is C35H48N4O5. The third-order valence-corrected chi connectivity index (χ3v) is 9.75. The van der Waals surface area contributed by atoms with E-state index in [4.69, 9.17) is 4.74 Å². The van der Waals surface area contributed by atoms with Crippen molar-refractivity contribution in [3.63, 3.8) is 0 Å². The van der Waals surface area contributed by atoms with Gasteiger partial charge >= 0.3 is 0 Å². The first-order valence-corrected chi connectivity index (χ1v) is 16.4. The number of piperazine rings is 1. The number of hydrogen-bond donors (Lipinski definition) is 3. The summed E-state index contributed by atoms with van der Waals surface area (Å²) in [5, 5.41) is 17.0. The summed E-state index contributed by atoms with van der Waals surface area (Å²) < 4.78 is 5.96. The number of nitrogens with zero attached hydrogens (tertiary/aromatic N) is 2. The van der Waals surface area contributed by atoms with E-state index in [1.54, 1.807) is 31.3 Å². The molecule has 9 nitrogen and oxygen atoms in total. The number of nitrogens with one attached hydrogen (secondary N) is 2. The first-order valence-electron chi connectivity index (χ1n) is 16.4. The minimum Gasteiger partial charge on any atom is -0.457 e. The second-order valence-electron chi connectivity index (χ2n) is 12.9. The lowest BCUT2D eigenvalue weighted by atomic mass is 9.79. The van der Waals surface area contributed by atoms with Crippen LogP contribution in [0.5, 0.6) is 11.5 Å². The first kappa shape index (κ1) is 32.0. The SMILES string of the molecule is CCCCN1C(=O)[C@@H](CC2(O)CCCCCC2)NC(=O)C12CCN(Cc1ccc(Oc3ccc(C(=O)NC)cc3)cc1)CC2. The van der Waals surface area contributed by atoms with Crippen LogP contribution in [0.1, 0.15) is 93.5 Å². The molecule has 5 rings (SSSR count). The van der Waals surface area contributed by atoms with E-state index < -0.39 is 17.2 Å². The van der Waals surface area contributed by atoms with Crippen molar-refractivity contribution in [1.29, 1.82) is 0 Å². The van der Waals surface area contributed by atoms with Gasteiger partial charge in [0.25, 0.3) is 5.91 Å². The number of amides is 3. The quantitative estimate of drug-likeness (QED) is 0.337. The number of unbranched alkanes of at least 4 members (excludes halogenated alkanes) is 1. The Morgan fingerprint density at radius 1 is 0.955 bits per heavy atom. The van der Waals surface area contributed by atoms with Crippen LogP contribution in [0.25, 0.3) is 0 Å². The van der Waals surface area contributed by atoms with Gasteiger partial charge < -0.3 is 25.4 Å². The molecule has 2 saturated heterocycles. The lowest BCUT2D eigenvalue weighted by molar-refractivity contribution is -0.163. The largest absolute Gasteiger partial charge is 0.457 e. The molecule has 1 atom stereocenters. The van der Waals surface area contributed by atoms with E-state index in [1.807, 2.05) is 29.2 Å². The normalized spacial score (nSPS) is 21.9. The molecule has 1 spiro atoms. The molecule has 3 amide bonds. The number of aliphatic hydroxyl groups is 1. The van der Waals surface area contributed by atoms with Crippen molar-refractivity contribution in [2.45, 2.75) is 101 Å². The van der Waals surface area contributed by atoms with Crippen LogP contribution in [-0.4, -0.2) is 76.5 Å². The lowest BCUT2D eigenvalue weighted by Crippen LogP contribution is -2.73. The van der Waals surface area contributed by atoms with Crippen LogP contribution >= 0.6 is 0 Å². The molecular weight excluding hydrogens is 556 g/mol. The van der Waals surface area contributed by atoms with Crippen molar-refractivity contribution in [2.75, 3.05) is 26.7 Å². The Hall–Kier alpha value is -3.43. The van der Waals surface area contributed by atoms with Crippen LogP contribution in [-0.2, 0) is 16.1 Å². The molecule has 1 saturated carbocycles. The third-order valence-electron chi connectivity index (χ3n) is 9.75. The van der Waals surface area contributed by atoms with Crippen molar-refractivity contribution < 1.29 is 24.2 Å². The number of hydrogen-bond acceptors (Lipinski definition) is 6. The zero-order chi connectivity index (χ0) is 31.2. The summed E-state index contributed by atoms with van der Waals surface area (Å²) in [4.78, 5) is 43.7. The van der Waals surface area contributed by atoms with Crippen LogP contribution < -0.4 is 15.4 Å². The average Bonchev–Trinajstić information content (AvgIpc) is 3.26. The molecule has 2 aliphatic heterocycles. The van der Waals surface area contributed by atoms with Crippen LogP contribution in [0, 0.1) is 0 Å². The molecule has 0 bridgehead atoms. The summed E-state index contributed by atoms with van der Waals surface area (Å²) in [5.74, 6) is 1.15. The number of likely N-dealkylation sites (tertiary alicyclic amines) is 1. The highest BCUT2D eigenvalue weighted by molar-refractivity contribution is 6.00. The summed E-state index contributed by atoms with van der Waals surface area (Å²) in [6, 6.07) is 14.3. The molecule has 9 heteroatoms. The molecule has 0 radical (unpaired) electrons. The summed E-state index contributed by atoms with van der Waals surface area (Å²) in [6.45, 7) is 4.86. The Bertz CT molecular complexity index is 1280. The number of piperidine rings is 1. The third kappa shape index (κ3) is 7.26. The minimum atomic E-state index is -0.883. The van der Waals surface area contributed by atoms with E-state index in [2.05, 4.69) is 22.5 Å². The number of benzene rings is 2. The molecule has 0 unspecified atom stereocenters. The molecule has 44 heavy (non-hydrogen) atoms. The Morgan fingerprint density at radius 3 is 2.16 bits per heavy atom. The van der Waals surface area contributed by atoms with Crippen LogP contribution in [0.4, 0.5) is 0 Å². The molecule has 238 valence electrons. The molecule has 3 fully saturated rings. The topological polar surface area (TPSA) is 111 Å². The van der Waals surface area contributed by atoms with E-state index in [9.17, 15) is 19.5 Å². The summed E-state index contributed by atoms with van der Waals surface area (Å²) >= 11 is 0. The van der Waals surface area contributed by atoms with E-state index >= 15 is 0 Å². The van der Waals surface area contributed by atoms with Gasteiger partial charge in [0.2, 0.25) is 11.8 Å². The van der Waals surface area contributed by atoms with E-state index in [0.29, 0.717) is 68.8 Å². The zero-order valence-corrected chi connectivity index (χ0v) is 26.3. The molecule has 3 N–H and O–H groups in total. The fourth-order valence-electron chi connectivity index (χ4n) is 7.08. The van der Waals surface area contributed by atoms with Gasteiger partial charge in [-0.15, -0.1) is 0 Å². The maximum atomic E-state index is 13.9. The van der Waals surface area contributed by atoms with E-state index in [0.717, 1.165) is 50.6 Å². The van der Waals surface area contributed by atoms with Crippen molar-refractivity contribution in [1.82, 2.24) is 20.4 Å². The van der Waals surface area contributed by atoms with E-state index in [1.165, 1.54) is 0 Å². The maximum absolute atomic E-state index is 13.9. The number of rotatable bonds is 10. The Labute approximate surface area is 261 Å². The van der Waals surface area contributed by atoms with Gasteiger partial charge in [-0.1, -0.05) is 51.2 Å². The summed E-state index contributed by atoms with van der Waals surface area (Å²) in [6.07, 6.45) is 8.86. The van der Waals surface area contributed by atoms with Crippen LogP contribution in [0.3, 0.4) is 0 Å². The van der Waals surface area contributed by atoms with Gasteiger partial charge in [0.15, 0.2) is 0 Å². The van der Waals surface area contributed by atoms with Gasteiger partial charge in [-0.25, -0.2) is 0 Å². The fourth-order valence-corrected chi connectivity index (χ4v) is 7.08. The highest BCUT2D eigenvalue weighted by atomic mass is 16.5. The molecule has 3 aliphatic rings. The fraction of sp³-hybridized carbons (Fsp3) is 0.571. The zero-order valence-electron chi connectivity index (χ0n) is 26.3. The molecule has 2 heterocycles. The standard InChI is InChI=1S/C35H48N4O5/c1-3-4-21-39-32(41)30(24-34(43)17-7-5-6-8-18-34)37-33(42)35(39)19-22-38(23-20-35)25-26-9-13-28(14-10-26)44-29-15-11-27(12-16-29)31(40)36-2/h9-16,30,43H,3-8,17-25H2,1-2H3,(H,36,40)(H,37,42)/t30-/m1/s1. The van der Waals surface area contributed by atoms with Gasteiger partial charge in [0, 0.05) is 45.2 Å². The Balaban J connectivity index is 1.19. The summed E-state index contributed by atoms with van der Waals surface area (Å²) in [5.41, 5.74) is 0.0187. The van der Waals surface area contributed by atoms with Crippen LogP contribution in [0.15, 0.2) is 48.5 Å². The predicted octanol–water partition coefficient (Wildman–Crippen LogP) is 4.78. The molecule has 2 aromatic rings. The monoisotopic (exact) mass is 604 g/mol. The van der Waals surface area contributed by atoms with Crippen molar-refractivity contribution in [2.24, 2.45) is 0 Å². The number of carbonyl (C=O) groups is 3. The Morgan fingerprint density at radius 2 is 1.57 bits per heavy atom.